The second kappa shape index (κ2) is 17.4. The highest BCUT2D eigenvalue weighted by Gasteiger charge is 2.22. The molecule has 1 aliphatic heterocycles. The van der Waals surface area contributed by atoms with Crippen LogP contribution in [0.25, 0.3) is 11.1 Å². The number of hydrogen-bond acceptors (Lipinski definition) is 6. The van der Waals surface area contributed by atoms with Crippen LogP contribution in [0.1, 0.15) is 68.1 Å². The van der Waals surface area contributed by atoms with Gasteiger partial charge < -0.3 is 20.1 Å². The van der Waals surface area contributed by atoms with Gasteiger partial charge in [0.05, 0.1) is 17.8 Å². The van der Waals surface area contributed by atoms with Gasteiger partial charge in [0.15, 0.2) is 5.78 Å². The predicted molar refractivity (Wildman–Crippen MR) is 169 cm³/mol. The SMILES string of the molecule is O=C(Nc1ccccc1-c1ccccc1)OC1CCN(CCCCCCCCCNCC(=O)c2ccc(F)cc2O)CC1. The van der Waals surface area contributed by atoms with Crippen molar-refractivity contribution >= 4 is 17.6 Å². The number of carbonyl (C=O) groups excluding carboxylic acids is 2. The maximum Gasteiger partial charge on any atom is 0.411 e. The van der Waals surface area contributed by atoms with E-state index in [0.717, 1.165) is 74.7 Å². The van der Waals surface area contributed by atoms with E-state index in [-0.39, 0.29) is 29.7 Å². The van der Waals surface area contributed by atoms with Crippen molar-refractivity contribution in [3.05, 3.63) is 84.2 Å². The van der Waals surface area contributed by atoms with E-state index in [1.165, 1.54) is 44.2 Å². The Balaban J connectivity index is 0.991. The molecule has 0 aliphatic carbocycles. The molecule has 1 fully saturated rings. The highest BCUT2D eigenvalue weighted by Crippen LogP contribution is 2.28. The summed E-state index contributed by atoms with van der Waals surface area (Å²) in [5.74, 6) is -1.11. The molecule has 0 spiro atoms. The fourth-order valence-electron chi connectivity index (χ4n) is 5.51. The summed E-state index contributed by atoms with van der Waals surface area (Å²) in [6, 6.07) is 21.3. The number of phenolic OH excluding ortho intramolecular Hbond substituents is 1. The molecule has 0 unspecified atom stereocenters. The summed E-state index contributed by atoms with van der Waals surface area (Å²) < 4.78 is 18.8. The first-order valence-electron chi connectivity index (χ1n) is 15.6. The fourth-order valence-corrected chi connectivity index (χ4v) is 5.51. The number of ketones is 1. The molecule has 3 aromatic carbocycles. The van der Waals surface area contributed by atoms with Crippen LogP contribution in [0.15, 0.2) is 72.8 Å². The average molecular weight is 590 g/mol. The minimum absolute atomic E-state index is 0.0530. The lowest BCUT2D eigenvalue weighted by atomic mass is 10.0. The quantitative estimate of drug-likeness (QED) is 0.119. The lowest BCUT2D eigenvalue weighted by molar-refractivity contribution is 0.0584. The largest absolute Gasteiger partial charge is 0.507 e. The molecule has 1 saturated heterocycles. The standard InChI is InChI=1S/C35H44FN3O4/c36-28-17-18-31(33(40)25-28)34(41)26-37-21-11-4-2-1-3-5-12-22-39-23-19-29(20-24-39)43-35(42)38-32-16-10-9-15-30(32)27-13-7-6-8-14-27/h6-10,13-18,25,29,37,40H,1-5,11-12,19-24,26H2,(H,38,42). The summed E-state index contributed by atoms with van der Waals surface area (Å²) >= 11 is 0. The summed E-state index contributed by atoms with van der Waals surface area (Å²) in [5.41, 5.74) is 2.93. The first-order chi connectivity index (χ1) is 21.0. The molecule has 43 heavy (non-hydrogen) atoms. The summed E-state index contributed by atoms with van der Waals surface area (Å²) in [7, 11) is 0. The van der Waals surface area contributed by atoms with E-state index < -0.39 is 11.9 Å². The normalized spacial score (nSPS) is 14.0. The highest BCUT2D eigenvalue weighted by molar-refractivity contribution is 6.00. The van der Waals surface area contributed by atoms with Crippen molar-refractivity contribution in [2.75, 3.05) is 38.0 Å². The minimum atomic E-state index is -0.558. The number of piperidine rings is 1. The fraction of sp³-hybridized carbons (Fsp3) is 0.429. The van der Waals surface area contributed by atoms with Crippen LogP contribution in [0.3, 0.4) is 0 Å². The molecule has 3 N–H and O–H groups in total. The van der Waals surface area contributed by atoms with Gasteiger partial charge >= 0.3 is 6.09 Å². The smallest absolute Gasteiger partial charge is 0.411 e. The van der Waals surface area contributed by atoms with Crippen LogP contribution in [0.2, 0.25) is 0 Å². The summed E-state index contributed by atoms with van der Waals surface area (Å²) in [5, 5.41) is 15.8. The van der Waals surface area contributed by atoms with Crippen molar-refractivity contribution in [2.45, 2.75) is 63.9 Å². The molecule has 0 bridgehead atoms. The molecule has 0 atom stereocenters. The molecule has 4 rings (SSSR count). The van der Waals surface area contributed by atoms with Gasteiger partial charge in [0.25, 0.3) is 0 Å². The van der Waals surface area contributed by atoms with Crippen LogP contribution in [-0.4, -0.2) is 60.7 Å². The van der Waals surface area contributed by atoms with E-state index in [2.05, 4.69) is 15.5 Å². The summed E-state index contributed by atoms with van der Waals surface area (Å²) in [4.78, 5) is 27.2. The Kier molecular flexibility index (Phi) is 13.0. The van der Waals surface area contributed by atoms with Crippen molar-refractivity contribution < 1.29 is 23.8 Å². The van der Waals surface area contributed by atoms with Gasteiger partial charge in [-0.15, -0.1) is 0 Å². The number of Topliss-reactive ketones (excluding diaryl/α,β-unsaturated/α-hetero) is 1. The number of rotatable bonds is 16. The van der Waals surface area contributed by atoms with Crippen molar-refractivity contribution in [3.63, 3.8) is 0 Å². The van der Waals surface area contributed by atoms with E-state index >= 15 is 0 Å². The second-order valence-corrected chi connectivity index (χ2v) is 11.2. The van der Waals surface area contributed by atoms with Crippen LogP contribution in [-0.2, 0) is 4.74 Å². The topological polar surface area (TPSA) is 90.9 Å². The van der Waals surface area contributed by atoms with Gasteiger partial charge in [-0.25, -0.2) is 9.18 Å². The summed E-state index contributed by atoms with van der Waals surface area (Å²) in [6.07, 6.45) is 9.39. The number of para-hydroxylation sites is 1. The Morgan fingerprint density at radius 1 is 0.860 bits per heavy atom. The van der Waals surface area contributed by atoms with E-state index in [1.54, 1.807) is 0 Å². The number of benzene rings is 3. The van der Waals surface area contributed by atoms with Crippen LogP contribution >= 0.6 is 0 Å². The van der Waals surface area contributed by atoms with Crippen molar-refractivity contribution in [1.29, 1.82) is 0 Å². The van der Waals surface area contributed by atoms with Gasteiger partial charge in [0, 0.05) is 24.7 Å². The Labute approximate surface area is 254 Å². The molecular weight excluding hydrogens is 545 g/mol. The first kappa shape index (κ1) is 32.2. The number of halogens is 1. The predicted octanol–water partition coefficient (Wildman–Crippen LogP) is 7.41. The van der Waals surface area contributed by atoms with E-state index in [9.17, 15) is 19.1 Å². The number of ether oxygens (including phenoxy) is 1. The van der Waals surface area contributed by atoms with E-state index in [0.29, 0.717) is 0 Å². The Morgan fingerprint density at radius 3 is 2.28 bits per heavy atom. The lowest BCUT2D eigenvalue weighted by Crippen LogP contribution is -2.38. The third-order valence-corrected chi connectivity index (χ3v) is 7.93. The van der Waals surface area contributed by atoms with Crippen molar-refractivity contribution in [2.24, 2.45) is 0 Å². The second-order valence-electron chi connectivity index (χ2n) is 11.2. The van der Waals surface area contributed by atoms with Gasteiger partial charge in [-0.2, -0.15) is 0 Å². The Hall–Kier alpha value is -3.75. The number of carbonyl (C=O) groups is 2. The molecular formula is C35H44FN3O4. The average Bonchev–Trinajstić information content (AvgIpc) is 3.01. The molecule has 1 heterocycles. The Bertz CT molecular complexity index is 1300. The minimum Gasteiger partial charge on any atom is -0.507 e. The molecule has 0 aromatic heterocycles. The molecule has 0 saturated carbocycles. The van der Waals surface area contributed by atoms with Crippen LogP contribution in [0.4, 0.5) is 14.9 Å². The zero-order valence-corrected chi connectivity index (χ0v) is 24.9. The third-order valence-electron chi connectivity index (χ3n) is 7.93. The van der Waals surface area contributed by atoms with Gasteiger partial charge in [-0.05, 0) is 62.5 Å². The van der Waals surface area contributed by atoms with Gasteiger partial charge in [-0.3, -0.25) is 10.1 Å². The zero-order chi connectivity index (χ0) is 30.3. The zero-order valence-electron chi connectivity index (χ0n) is 24.9. The monoisotopic (exact) mass is 589 g/mol. The number of nitrogens with one attached hydrogen (secondary N) is 2. The third kappa shape index (κ3) is 10.8. The molecule has 8 heteroatoms. The molecule has 7 nitrogen and oxygen atoms in total. The van der Waals surface area contributed by atoms with E-state index in [1.807, 2.05) is 54.6 Å². The number of likely N-dealkylation sites (tertiary alicyclic amines) is 1. The Morgan fingerprint density at radius 2 is 1.53 bits per heavy atom. The molecule has 1 aliphatic rings. The maximum atomic E-state index is 13.1. The molecule has 3 aromatic rings. The van der Waals surface area contributed by atoms with Crippen molar-refractivity contribution in [3.8, 4) is 16.9 Å². The number of phenols is 1. The number of aromatic hydroxyl groups is 1. The lowest BCUT2D eigenvalue weighted by Gasteiger charge is -2.31. The molecule has 1 amide bonds. The molecule has 230 valence electrons. The number of hydrogen-bond donors (Lipinski definition) is 3. The van der Waals surface area contributed by atoms with Crippen LogP contribution < -0.4 is 10.6 Å². The van der Waals surface area contributed by atoms with Crippen molar-refractivity contribution in [1.82, 2.24) is 10.2 Å². The van der Waals surface area contributed by atoms with E-state index in [4.69, 9.17) is 4.74 Å². The van der Waals surface area contributed by atoms with Crippen LogP contribution in [0.5, 0.6) is 5.75 Å². The molecule has 0 radical (unpaired) electrons. The number of anilines is 1. The number of amides is 1. The van der Waals surface area contributed by atoms with Gasteiger partial charge in [0.2, 0.25) is 0 Å². The van der Waals surface area contributed by atoms with Crippen LogP contribution in [0, 0.1) is 5.82 Å². The van der Waals surface area contributed by atoms with Gasteiger partial charge in [-0.1, -0.05) is 80.6 Å². The maximum absolute atomic E-state index is 13.1. The summed E-state index contributed by atoms with van der Waals surface area (Å²) in [6.45, 7) is 3.88. The van der Waals surface area contributed by atoms with Gasteiger partial charge in [0.1, 0.15) is 17.7 Å². The number of nitrogens with zero attached hydrogens (tertiary/aromatic N) is 1. The highest BCUT2D eigenvalue weighted by atomic mass is 19.1. The number of unbranched alkanes of at least 4 members (excludes halogenated alkanes) is 6. The first-order valence-corrected chi connectivity index (χ1v) is 15.6.